The zero-order valence-corrected chi connectivity index (χ0v) is 14.5. The number of non-ortho nitro benzene ring substituents is 1. The molecule has 0 aliphatic carbocycles. The molecule has 0 aliphatic heterocycles. The number of benzene rings is 2. The summed E-state index contributed by atoms with van der Waals surface area (Å²) in [6, 6.07) is 10.2. The van der Waals surface area contributed by atoms with Gasteiger partial charge in [-0.1, -0.05) is 18.5 Å². The van der Waals surface area contributed by atoms with Crippen LogP contribution in [0.25, 0.3) is 0 Å². The van der Waals surface area contributed by atoms with E-state index >= 15 is 0 Å². The maximum absolute atomic E-state index is 12.0. The number of rotatable bonds is 6. The van der Waals surface area contributed by atoms with E-state index < -0.39 is 10.8 Å². The van der Waals surface area contributed by atoms with Gasteiger partial charge in [0.15, 0.2) is 0 Å². The number of nitrogens with zero attached hydrogens (tertiary/aromatic N) is 2. The number of nitro groups is 1. The molecule has 0 heterocycles. The molecule has 26 heavy (non-hydrogen) atoms. The summed E-state index contributed by atoms with van der Waals surface area (Å²) >= 11 is 5.94. The predicted octanol–water partition coefficient (Wildman–Crippen LogP) is 3.36. The zero-order chi connectivity index (χ0) is 19.1. The molecular formula is C17H15ClN4O4. The van der Waals surface area contributed by atoms with Gasteiger partial charge >= 0.3 is 0 Å². The second-order valence-corrected chi connectivity index (χ2v) is 5.55. The molecule has 0 saturated heterocycles. The third-order valence-corrected chi connectivity index (χ3v) is 3.66. The van der Waals surface area contributed by atoms with Crippen molar-refractivity contribution in [1.82, 2.24) is 5.43 Å². The smallest absolute Gasteiger partial charge is 0.271 e. The number of hydrazone groups is 1. The maximum Gasteiger partial charge on any atom is 0.271 e. The molecule has 2 N–H and O–H groups in total. The first-order valence-corrected chi connectivity index (χ1v) is 7.95. The van der Waals surface area contributed by atoms with Crippen molar-refractivity contribution in [3.8, 4) is 0 Å². The first-order chi connectivity index (χ1) is 12.4. The summed E-state index contributed by atoms with van der Waals surface area (Å²) in [5.74, 6) is -0.600. The Morgan fingerprint density at radius 3 is 2.54 bits per heavy atom. The first-order valence-electron chi connectivity index (χ1n) is 7.58. The second kappa shape index (κ2) is 8.72. The molecule has 0 radical (unpaired) electrons. The van der Waals surface area contributed by atoms with E-state index in [0.29, 0.717) is 23.2 Å². The van der Waals surface area contributed by atoms with Gasteiger partial charge in [0.25, 0.3) is 11.6 Å². The number of hydrogen-bond acceptors (Lipinski definition) is 5. The Balaban J connectivity index is 2.02. The lowest BCUT2D eigenvalue weighted by atomic mass is 10.2. The number of anilines is 1. The largest absolute Gasteiger partial charge is 0.326 e. The van der Waals surface area contributed by atoms with Crippen LogP contribution in [0.3, 0.4) is 0 Å². The molecule has 0 atom stereocenters. The van der Waals surface area contributed by atoms with Crippen LogP contribution in [0.1, 0.15) is 29.3 Å². The number of amides is 2. The van der Waals surface area contributed by atoms with Gasteiger partial charge in [-0.05, 0) is 30.3 Å². The quantitative estimate of drug-likeness (QED) is 0.458. The Morgan fingerprint density at radius 2 is 1.92 bits per heavy atom. The van der Waals surface area contributed by atoms with E-state index in [1.54, 1.807) is 19.1 Å². The van der Waals surface area contributed by atoms with Crippen LogP contribution in [0.15, 0.2) is 47.6 Å². The van der Waals surface area contributed by atoms with E-state index in [0.717, 1.165) is 0 Å². The van der Waals surface area contributed by atoms with Crippen molar-refractivity contribution in [2.75, 3.05) is 5.32 Å². The lowest BCUT2D eigenvalue weighted by molar-refractivity contribution is -0.384. The minimum atomic E-state index is -0.550. The highest BCUT2D eigenvalue weighted by Crippen LogP contribution is 2.20. The molecule has 9 heteroatoms. The lowest BCUT2D eigenvalue weighted by Crippen LogP contribution is -2.17. The summed E-state index contributed by atoms with van der Waals surface area (Å²) in [4.78, 5) is 33.6. The zero-order valence-electron chi connectivity index (χ0n) is 13.7. The van der Waals surface area contributed by atoms with Crippen LogP contribution in [-0.4, -0.2) is 23.0 Å². The summed E-state index contributed by atoms with van der Waals surface area (Å²) in [5, 5.41) is 17.5. The molecule has 0 aromatic heterocycles. The van der Waals surface area contributed by atoms with Crippen molar-refractivity contribution in [2.24, 2.45) is 5.10 Å². The van der Waals surface area contributed by atoms with Gasteiger partial charge in [-0.2, -0.15) is 5.10 Å². The van der Waals surface area contributed by atoms with Crippen molar-refractivity contribution in [3.05, 3.63) is 68.7 Å². The molecule has 0 unspecified atom stereocenters. The average molecular weight is 375 g/mol. The maximum atomic E-state index is 12.0. The second-order valence-electron chi connectivity index (χ2n) is 5.14. The molecular weight excluding hydrogens is 360 g/mol. The highest BCUT2D eigenvalue weighted by molar-refractivity contribution is 6.33. The van der Waals surface area contributed by atoms with E-state index in [1.165, 1.54) is 36.5 Å². The van der Waals surface area contributed by atoms with Gasteiger partial charge in [0.05, 0.1) is 11.1 Å². The fraction of sp³-hybridized carbons (Fsp3) is 0.118. The van der Waals surface area contributed by atoms with E-state index in [-0.39, 0.29) is 16.6 Å². The van der Waals surface area contributed by atoms with E-state index in [9.17, 15) is 19.7 Å². The van der Waals surface area contributed by atoms with Crippen molar-refractivity contribution in [3.63, 3.8) is 0 Å². The van der Waals surface area contributed by atoms with Gasteiger partial charge in [-0.15, -0.1) is 0 Å². The van der Waals surface area contributed by atoms with E-state index in [2.05, 4.69) is 15.8 Å². The first kappa shape index (κ1) is 19.1. The van der Waals surface area contributed by atoms with Crippen LogP contribution in [-0.2, 0) is 4.79 Å². The van der Waals surface area contributed by atoms with Gasteiger partial charge in [0.2, 0.25) is 5.91 Å². The normalized spacial score (nSPS) is 10.5. The summed E-state index contributed by atoms with van der Waals surface area (Å²) in [6.07, 6.45) is 1.58. The number of hydrogen-bond donors (Lipinski definition) is 2. The topological polar surface area (TPSA) is 114 Å². The lowest BCUT2D eigenvalue weighted by Gasteiger charge is -2.05. The Bertz CT molecular complexity index is 866. The van der Waals surface area contributed by atoms with Crippen LogP contribution in [0.2, 0.25) is 5.02 Å². The Hall–Kier alpha value is -3.26. The number of halogens is 1. The number of carbonyl (C=O) groups is 2. The van der Waals surface area contributed by atoms with Gasteiger partial charge in [-0.3, -0.25) is 19.7 Å². The molecule has 0 spiro atoms. The standard InChI is InChI=1S/C17H15ClN4O4/c1-2-16(23)20-13-5-3-11(4-6-13)17(24)21-19-10-12-9-14(22(25)26)7-8-15(12)18/h3-10H,2H2,1H3,(H,20,23)(H,21,24)/b19-10+. The van der Waals surface area contributed by atoms with Crippen LogP contribution in [0, 0.1) is 10.1 Å². The van der Waals surface area contributed by atoms with E-state index in [4.69, 9.17) is 11.6 Å². The molecule has 2 aromatic carbocycles. The number of nitro benzene ring substituents is 1. The third kappa shape index (κ3) is 5.12. The molecule has 0 saturated carbocycles. The van der Waals surface area contributed by atoms with Crippen molar-refractivity contribution in [2.45, 2.75) is 13.3 Å². The molecule has 134 valence electrons. The molecule has 0 fully saturated rings. The van der Waals surface area contributed by atoms with E-state index in [1.807, 2.05) is 0 Å². The van der Waals surface area contributed by atoms with Crippen LogP contribution >= 0.6 is 11.6 Å². The number of carbonyl (C=O) groups excluding carboxylic acids is 2. The van der Waals surface area contributed by atoms with Gasteiger partial charge in [0, 0.05) is 40.4 Å². The van der Waals surface area contributed by atoms with Crippen molar-refractivity contribution in [1.29, 1.82) is 0 Å². The van der Waals surface area contributed by atoms with Gasteiger partial charge < -0.3 is 5.32 Å². The average Bonchev–Trinajstić information content (AvgIpc) is 2.63. The summed E-state index contributed by atoms with van der Waals surface area (Å²) in [6.45, 7) is 1.74. The highest BCUT2D eigenvalue weighted by atomic mass is 35.5. The van der Waals surface area contributed by atoms with Crippen LogP contribution in [0.4, 0.5) is 11.4 Å². The Morgan fingerprint density at radius 1 is 1.23 bits per heavy atom. The fourth-order valence-electron chi connectivity index (χ4n) is 1.92. The minimum absolute atomic E-state index is 0.124. The molecule has 2 rings (SSSR count). The van der Waals surface area contributed by atoms with Gasteiger partial charge in [0.1, 0.15) is 0 Å². The Labute approximate surface area is 154 Å². The monoisotopic (exact) mass is 374 g/mol. The number of nitrogens with one attached hydrogen (secondary N) is 2. The molecule has 2 amide bonds. The minimum Gasteiger partial charge on any atom is -0.326 e. The molecule has 0 aliphatic rings. The molecule has 8 nitrogen and oxygen atoms in total. The molecule has 0 bridgehead atoms. The third-order valence-electron chi connectivity index (χ3n) is 3.31. The SMILES string of the molecule is CCC(=O)Nc1ccc(C(=O)N/N=C/c2cc([N+](=O)[O-])ccc2Cl)cc1. The summed E-state index contributed by atoms with van der Waals surface area (Å²) < 4.78 is 0. The van der Waals surface area contributed by atoms with Crippen molar-refractivity contribution >= 4 is 41.0 Å². The van der Waals surface area contributed by atoms with Crippen molar-refractivity contribution < 1.29 is 14.5 Å². The fourth-order valence-corrected chi connectivity index (χ4v) is 2.09. The van der Waals surface area contributed by atoms with Crippen LogP contribution in [0.5, 0.6) is 0 Å². The molecule has 2 aromatic rings. The van der Waals surface area contributed by atoms with Crippen LogP contribution < -0.4 is 10.7 Å². The Kier molecular flexibility index (Phi) is 6.40. The summed E-state index contributed by atoms with van der Waals surface area (Å²) in [5.41, 5.74) is 3.40. The predicted molar refractivity (Wildman–Crippen MR) is 98.5 cm³/mol. The summed E-state index contributed by atoms with van der Waals surface area (Å²) in [7, 11) is 0. The highest BCUT2D eigenvalue weighted by Gasteiger charge is 2.09. The van der Waals surface area contributed by atoms with Gasteiger partial charge in [-0.25, -0.2) is 5.43 Å².